The summed E-state index contributed by atoms with van der Waals surface area (Å²) >= 11 is 1.34. The molecule has 19 heavy (non-hydrogen) atoms. The Hall–Kier alpha value is -1.44. The van der Waals surface area contributed by atoms with Gasteiger partial charge in [0.1, 0.15) is 0 Å². The fourth-order valence-corrected chi connectivity index (χ4v) is 2.56. The maximum atomic E-state index is 11.7. The summed E-state index contributed by atoms with van der Waals surface area (Å²) in [5.74, 6) is -0.477. The zero-order valence-electron chi connectivity index (χ0n) is 10.8. The second kappa shape index (κ2) is 6.65. The zero-order valence-corrected chi connectivity index (χ0v) is 11.6. The van der Waals surface area contributed by atoms with E-state index < -0.39 is 0 Å². The minimum atomic E-state index is -0.281. The topological polar surface area (TPSA) is 73.5 Å². The lowest BCUT2D eigenvalue weighted by molar-refractivity contribution is -0.123. The quantitative estimate of drug-likeness (QED) is 0.672. The van der Waals surface area contributed by atoms with Gasteiger partial charge in [-0.3, -0.25) is 25.3 Å². The van der Waals surface area contributed by atoms with Gasteiger partial charge < -0.3 is 5.32 Å². The molecule has 0 unspecified atom stereocenters. The molecule has 0 radical (unpaired) electrons. The van der Waals surface area contributed by atoms with Crippen LogP contribution >= 0.6 is 11.3 Å². The molecule has 1 saturated heterocycles. The van der Waals surface area contributed by atoms with Crippen molar-refractivity contribution >= 4 is 23.2 Å². The van der Waals surface area contributed by atoms with E-state index in [9.17, 15) is 9.59 Å². The molecule has 7 heteroatoms. The van der Waals surface area contributed by atoms with E-state index in [0.29, 0.717) is 17.5 Å². The highest BCUT2D eigenvalue weighted by atomic mass is 32.1. The average molecular weight is 282 g/mol. The smallest absolute Gasteiger partial charge is 0.279 e. The summed E-state index contributed by atoms with van der Waals surface area (Å²) in [6, 6.07) is 3.83. The van der Waals surface area contributed by atoms with Gasteiger partial charge in [0, 0.05) is 25.7 Å². The van der Waals surface area contributed by atoms with E-state index in [0.717, 1.165) is 19.6 Å². The van der Waals surface area contributed by atoms with Crippen molar-refractivity contribution in [3.63, 3.8) is 0 Å². The van der Waals surface area contributed by atoms with Crippen LogP contribution in [-0.4, -0.2) is 48.9 Å². The van der Waals surface area contributed by atoms with Gasteiger partial charge in [-0.05, 0) is 18.4 Å². The molecule has 6 nitrogen and oxygen atoms in total. The third-order valence-corrected chi connectivity index (χ3v) is 3.91. The third-order valence-electron chi connectivity index (χ3n) is 3.05. The molecule has 1 aliphatic rings. The van der Waals surface area contributed by atoms with Crippen LogP contribution in [0.4, 0.5) is 0 Å². The van der Waals surface area contributed by atoms with Crippen LogP contribution in [0.2, 0.25) is 0 Å². The van der Waals surface area contributed by atoms with Crippen molar-refractivity contribution in [3.05, 3.63) is 22.4 Å². The number of nitrogens with zero attached hydrogens (tertiary/aromatic N) is 1. The number of hydrazine groups is 1. The molecule has 1 aromatic heterocycles. The zero-order chi connectivity index (χ0) is 13.7. The van der Waals surface area contributed by atoms with Crippen LogP contribution in [0.1, 0.15) is 16.6 Å². The number of carbonyl (C=O) groups is 2. The van der Waals surface area contributed by atoms with Crippen molar-refractivity contribution in [3.8, 4) is 0 Å². The number of amides is 2. The molecule has 2 rings (SSSR count). The van der Waals surface area contributed by atoms with Gasteiger partial charge in [-0.1, -0.05) is 6.07 Å². The number of rotatable bonds is 3. The summed E-state index contributed by atoms with van der Waals surface area (Å²) in [6.45, 7) is 4.98. The lowest BCUT2D eigenvalue weighted by Gasteiger charge is -2.33. The van der Waals surface area contributed by atoms with E-state index in [1.807, 2.05) is 5.38 Å². The van der Waals surface area contributed by atoms with E-state index in [1.54, 1.807) is 12.1 Å². The Morgan fingerprint density at radius 1 is 1.53 bits per heavy atom. The van der Waals surface area contributed by atoms with Crippen molar-refractivity contribution in [2.24, 2.45) is 0 Å². The Balaban J connectivity index is 1.74. The highest BCUT2D eigenvalue weighted by Crippen LogP contribution is 2.07. The molecule has 104 valence electrons. The van der Waals surface area contributed by atoms with Crippen LogP contribution in [0.3, 0.4) is 0 Å². The van der Waals surface area contributed by atoms with Crippen molar-refractivity contribution in [2.75, 3.05) is 26.2 Å². The van der Waals surface area contributed by atoms with Crippen LogP contribution in [0.25, 0.3) is 0 Å². The minimum Gasteiger partial charge on any atom is -0.314 e. The lowest BCUT2D eigenvalue weighted by Crippen LogP contribution is -2.54. The minimum absolute atomic E-state index is 0.196. The van der Waals surface area contributed by atoms with E-state index in [2.05, 4.69) is 28.0 Å². The number of thiophene rings is 1. The Labute approximate surface area is 116 Å². The molecule has 2 heterocycles. The molecule has 2 amide bonds. The summed E-state index contributed by atoms with van der Waals surface area (Å²) in [6.07, 6.45) is 0. The van der Waals surface area contributed by atoms with Gasteiger partial charge in [0.05, 0.1) is 11.4 Å². The molecule has 0 aromatic carbocycles. The molecular weight excluding hydrogens is 264 g/mol. The maximum Gasteiger partial charge on any atom is 0.279 e. The van der Waals surface area contributed by atoms with Crippen molar-refractivity contribution in [1.82, 2.24) is 21.1 Å². The van der Waals surface area contributed by atoms with E-state index in [1.165, 1.54) is 11.3 Å². The predicted molar refractivity (Wildman–Crippen MR) is 73.8 cm³/mol. The highest BCUT2D eigenvalue weighted by molar-refractivity contribution is 7.12. The number of nitrogens with one attached hydrogen (secondary N) is 3. The molecule has 0 aliphatic carbocycles. The van der Waals surface area contributed by atoms with Crippen LogP contribution < -0.4 is 16.2 Å². The summed E-state index contributed by atoms with van der Waals surface area (Å²) in [4.78, 5) is 26.0. The Kier molecular flexibility index (Phi) is 4.89. The number of piperazine rings is 1. The highest BCUT2D eigenvalue weighted by Gasteiger charge is 2.20. The standard InChI is InChI=1S/C12H18N4O2S/c1-9-7-13-4-5-16(9)8-11(17)14-15-12(18)10-3-2-6-19-10/h2-3,6,9,13H,4-5,7-8H2,1H3,(H,14,17)(H,15,18)/t9-/m1/s1. The first-order valence-corrected chi connectivity index (χ1v) is 7.12. The number of hydrogen-bond acceptors (Lipinski definition) is 5. The number of carbonyl (C=O) groups excluding carboxylic acids is 2. The molecule has 0 spiro atoms. The van der Waals surface area contributed by atoms with Crippen LogP contribution in [-0.2, 0) is 4.79 Å². The summed E-state index contributed by atoms with van der Waals surface area (Å²) in [5.41, 5.74) is 4.86. The van der Waals surface area contributed by atoms with Crippen LogP contribution in [0.15, 0.2) is 17.5 Å². The first-order chi connectivity index (χ1) is 9.16. The lowest BCUT2D eigenvalue weighted by atomic mass is 10.2. The first kappa shape index (κ1) is 14.0. The van der Waals surface area contributed by atoms with Crippen LogP contribution in [0.5, 0.6) is 0 Å². The van der Waals surface area contributed by atoms with Gasteiger partial charge in [0.25, 0.3) is 11.8 Å². The predicted octanol–water partition coefficient (Wildman–Crippen LogP) is -0.197. The molecule has 3 N–H and O–H groups in total. The van der Waals surface area contributed by atoms with Gasteiger partial charge in [0.15, 0.2) is 0 Å². The van der Waals surface area contributed by atoms with E-state index in [-0.39, 0.29) is 11.8 Å². The van der Waals surface area contributed by atoms with Crippen molar-refractivity contribution < 1.29 is 9.59 Å². The summed E-state index contributed by atoms with van der Waals surface area (Å²) in [5, 5.41) is 5.08. The van der Waals surface area contributed by atoms with Gasteiger partial charge >= 0.3 is 0 Å². The average Bonchev–Trinajstić information content (AvgIpc) is 2.93. The second-order valence-corrected chi connectivity index (χ2v) is 5.45. The van der Waals surface area contributed by atoms with Crippen molar-refractivity contribution in [1.29, 1.82) is 0 Å². The number of hydrogen-bond donors (Lipinski definition) is 3. The fraction of sp³-hybridized carbons (Fsp3) is 0.500. The Bertz CT molecular complexity index is 435. The van der Waals surface area contributed by atoms with Gasteiger partial charge in [-0.2, -0.15) is 0 Å². The second-order valence-electron chi connectivity index (χ2n) is 4.50. The first-order valence-electron chi connectivity index (χ1n) is 6.24. The molecule has 1 aromatic rings. The van der Waals surface area contributed by atoms with E-state index in [4.69, 9.17) is 0 Å². The molecule has 1 aliphatic heterocycles. The normalized spacial score (nSPS) is 19.9. The van der Waals surface area contributed by atoms with Gasteiger partial charge in [-0.15, -0.1) is 11.3 Å². The Morgan fingerprint density at radius 3 is 3.05 bits per heavy atom. The SMILES string of the molecule is C[C@@H]1CNCCN1CC(=O)NNC(=O)c1cccs1. The Morgan fingerprint density at radius 2 is 2.37 bits per heavy atom. The monoisotopic (exact) mass is 282 g/mol. The maximum absolute atomic E-state index is 11.7. The fourth-order valence-electron chi connectivity index (χ4n) is 1.94. The van der Waals surface area contributed by atoms with E-state index >= 15 is 0 Å². The molecule has 1 atom stereocenters. The van der Waals surface area contributed by atoms with Crippen molar-refractivity contribution in [2.45, 2.75) is 13.0 Å². The largest absolute Gasteiger partial charge is 0.314 e. The third kappa shape index (κ3) is 4.02. The molecule has 0 bridgehead atoms. The van der Waals surface area contributed by atoms with Gasteiger partial charge in [-0.25, -0.2) is 0 Å². The molecule has 1 fully saturated rings. The van der Waals surface area contributed by atoms with Gasteiger partial charge in [0.2, 0.25) is 0 Å². The summed E-state index contributed by atoms with van der Waals surface area (Å²) in [7, 11) is 0. The van der Waals surface area contributed by atoms with Crippen LogP contribution in [0, 0.1) is 0 Å². The molecule has 0 saturated carbocycles. The molecular formula is C12H18N4O2S. The summed E-state index contributed by atoms with van der Waals surface area (Å²) < 4.78 is 0.